The van der Waals surface area contributed by atoms with E-state index in [-0.39, 0.29) is 81.4 Å². The Labute approximate surface area is 195 Å². The second kappa shape index (κ2) is 9.57. The van der Waals surface area contributed by atoms with Gasteiger partial charge in [-0.1, -0.05) is 0 Å². The number of esters is 2. The smallest absolute Gasteiger partial charge is 1.00 e. The average molecular weight is 464 g/mol. The van der Waals surface area contributed by atoms with E-state index in [4.69, 9.17) is 14.0 Å². The first-order valence-corrected chi connectivity index (χ1v) is 7.99. The Kier molecular flexibility index (Phi) is 9.62. The topological polar surface area (TPSA) is 107 Å². The van der Waals surface area contributed by atoms with Crippen LogP contribution in [-0.2, 0) is 19.6 Å². The predicted molar refractivity (Wildman–Crippen MR) is 78.5 cm³/mol. The van der Waals surface area contributed by atoms with Crippen molar-refractivity contribution in [2.75, 3.05) is 0 Å². The van der Waals surface area contributed by atoms with Crippen LogP contribution in [0.25, 0.3) is 0 Å². The zero-order valence-corrected chi connectivity index (χ0v) is 20.8. The SMILES string of the molecule is CC(C)OC(=O)c1cc(C(=O)OC(C)C)cc(S(=O)(=O)O)c1.[Cs+].[H-]. The van der Waals surface area contributed by atoms with Crippen LogP contribution < -0.4 is 68.9 Å². The third-order valence-corrected chi connectivity index (χ3v) is 3.19. The Bertz CT molecular complexity index is 646. The number of hydrogen-bond acceptors (Lipinski definition) is 6. The molecule has 0 aliphatic rings. The van der Waals surface area contributed by atoms with Crippen LogP contribution in [0.15, 0.2) is 23.1 Å². The number of hydrogen-bond donors (Lipinski definition) is 1. The molecule has 0 atom stereocenters. The molecule has 0 radical (unpaired) electrons. The van der Waals surface area contributed by atoms with Crippen LogP contribution in [0.4, 0.5) is 0 Å². The molecule has 23 heavy (non-hydrogen) atoms. The number of carbonyl (C=O) groups excluding carboxylic acids is 2. The van der Waals surface area contributed by atoms with Gasteiger partial charge in [0.25, 0.3) is 10.1 Å². The number of benzene rings is 1. The second-order valence-electron chi connectivity index (χ2n) is 5.13. The van der Waals surface area contributed by atoms with Crippen LogP contribution in [0.3, 0.4) is 0 Å². The fraction of sp³-hybridized carbons (Fsp3) is 0.429. The quantitative estimate of drug-likeness (QED) is 0.449. The van der Waals surface area contributed by atoms with Crippen LogP contribution in [0.5, 0.6) is 0 Å². The molecule has 0 bridgehead atoms. The van der Waals surface area contributed by atoms with E-state index in [2.05, 4.69) is 0 Å². The fourth-order valence-electron chi connectivity index (χ4n) is 1.55. The second-order valence-corrected chi connectivity index (χ2v) is 6.55. The van der Waals surface area contributed by atoms with Crippen molar-refractivity contribution in [2.45, 2.75) is 44.8 Å². The zero-order chi connectivity index (χ0) is 17.1. The molecular formula is C14H19CsO7S. The summed E-state index contributed by atoms with van der Waals surface area (Å²) in [5.41, 5.74) is -0.334. The molecule has 0 aromatic heterocycles. The molecule has 0 unspecified atom stereocenters. The summed E-state index contributed by atoms with van der Waals surface area (Å²) in [4.78, 5) is 23.2. The van der Waals surface area contributed by atoms with Crippen LogP contribution in [0.2, 0.25) is 0 Å². The molecule has 0 fully saturated rings. The molecule has 1 N–H and O–H groups in total. The van der Waals surface area contributed by atoms with Gasteiger partial charge in [-0.2, -0.15) is 8.42 Å². The zero-order valence-electron chi connectivity index (χ0n) is 14.7. The third-order valence-electron chi connectivity index (χ3n) is 2.36. The molecule has 0 saturated carbocycles. The first-order valence-electron chi connectivity index (χ1n) is 6.55. The van der Waals surface area contributed by atoms with Crippen LogP contribution in [0.1, 0.15) is 49.8 Å². The van der Waals surface area contributed by atoms with Crippen molar-refractivity contribution < 1.29 is 102 Å². The van der Waals surface area contributed by atoms with Gasteiger partial charge < -0.3 is 10.9 Å². The summed E-state index contributed by atoms with van der Waals surface area (Å²) in [7, 11) is -4.59. The van der Waals surface area contributed by atoms with E-state index in [1.54, 1.807) is 27.7 Å². The number of carbonyl (C=O) groups is 2. The molecular weight excluding hydrogens is 445 g/mol. The molecule has 7 nitrogen and oxygen atoms in total. The average Bonchev–Trinajstić information content (AvgIpc) is 2.35. The Hall–Kier alpha value is 0.122. The van der Waals surface area contributed by atoms with Gasteiger partial charge in [0.05, 0.1) is 28.2 Å². The van der Waals surface area contributed by atoms with Gasteiger partial charge >= 0.3 is 80.8 Å². The summed E-state index contributed by atoms with van der Waals surface area (Å²) < 4.78 is 41.6. The van der Waals surface area contributed by atoms with Crippen molar-refractivity contribution in [1.82, 2.24) is 0 Å². The molecule has 1 aromatic rings. The first-order chi connectivity index (χ1) is 10.0. The number of rotatable bonds is 5. The minimum Gasteiger partial charge on any atom is -1.00 e. The van der Waals surface area contributed by atoms with E-state index in [9.17, 15) is 18.0 Å². The Morgan fingerprint density at radius 1 is 0.957 bits per heavy atom. The van der Waals surface area contributed by atoms with E-state index in [1.165, 1.54) is 0 Å². The Morgan fingerprint density at radius 2 is 1.30 bits per heavy atom. The minimum absolute atomic E-state index is 0. The van der Waals surface area contributed by atoms with Crippen molar-refractivity contribution in [1.29, 1.82) is 0 Å². The maximum atomic E-state index is 11.9. The monoisotopic (exact) mass is 464 g/mol. The van der Waals surface area contributed by atoms with E-state index in [0.717, 1.165) is 18.2 Å². The molecule has 124 valence electrons. The summed E-state index contributed by atoms with van der Waals surface area (Å²) >= 11 is 0. The van der Waals surface area contributed by atoms with Gasteiger partial charge in [-0.25, -0.2) is 9.59 Å². The van der Waals surface area contributed by atoms with Crippen LogP contribution >= 0.6 is 0 Å². The fourth-order valence-corrected chi connectivity index (χ4v) is 2.10. The normalized spacial score (nSPS) is 11.1. The van der Waals surface area contributed by atoms with Crippen molar-refractivity contribution in [3.05, 3.63) is 29.3 Å². The van der Waals surface area contributed by atoms with Crippen LogP contribution in [0, 0.1) is 0 Å². The van der Waals surface area contributed by atoms with E-state index in [1.807, 2.05) is 0 Å². The molecule has 0 aliphatic carbocycles. The predicted octanol–water partition coefficient (Wildman–Crippen LogP) is -0.820. The summed E-state index contributed by atoms with van der Waals surface area (Å²) in [5.74, 6) is -1.61. The minimum atomic E-state index is -4.59. The molecule has 0 spiro atoms. The summed E-state index contributed by atoms with van der Waals surface area (Å²) in [5, 5.41) is 0. The maximum Gasteiger partial charge on any atom is 1.00 e. The van der Waals surface area contributed by atoms with Crippen molar-refractivity contribution in [3.63, 3.8) is 0 Å². The van der Waals surface area contributed by atoms with Gasteiger partial charge in [0, 0.05) is 0 Å². The molecule has 0 aliphatic heterocycles. The van der Waals surface area contributed by atoms with Crippen molar-refractivity contribution in [2.24, 2.45) is 0 Å². The molecule has 9 heteroatoms. The summed E-state index contributed by atoms with van der Waals surface area (Å²) in [6, 6.07) is 3.03. The first kappa shape index (κ1) is 23.1. The van der Waals surface area contributed by atoms with Crippen molar-refractivity contribution >= 4 is 22.1 Å². The molecule has 0 saturated heterocycles. The third kappa shape index (κ3) is 7.69. The largest absolute Gasteiger partial charge is 1.00 e. The van der Waals surface area contributed by atoms with Gasteiger partial charge in [-0.15, -0.1) is 0 Å². The summed E-state index contributed by atoms with van der Waals surface area (Å²) in [6.45, 7) is 6.49. The molecule has 0 heterocycles. The molecule has 0 amide bonds. The molecule has 1 rings (SSSR count). The van der Waals surface area contributed by atoms with Gasteiger partial charge in [-0.3, -0.25) is 4.55 Å². The van der Waals surface area contributed by atoms with Crippen molar-refractivity contribution in [3.8, 4) is 0 Å². The van der Waals surface area contributed by atoms with E-state index >= 15 is 0 Å². The van der Waals surface area contributed by atoms with Gasteiger partial charge in [0.1, 0.15) is 0 Å². The van der Waals surface area contributed by atoms with Crippen LogP contribution in [-0.4, -0.2) is 37.1 Å². The van der Waals surface area contributed by atoms with E-state index in [0.29, 0.717) is 0 Å². The standard InChI is InChI=1S/C14H18O7S.Cs.H/c1-8(2)20-13(15)10-5-11(14(16)21-9(3)4)7-12(6-10)22(17,18)19;;/h5-9H,1-4H3,(H,17,18,19);;/q;+1;-1. The van der Waals surface area contributed by atoms with Gasteiger partial charge in [0.2, 0.25) is 0 Å². The maximum absolute atomic E-state index is 11.9. The van der Waals surface area contributed by atoms with E-state index < -0.39 is 39.2 Å². The Balaban J connectivity index is 0. The Morgan fingerprint density at radius 3 is 1.57 bits per heavy atom. The number of ether oxygens (including phenoxy) is 2. The van der Waals surface area contributed by atoms with Gasteiger partial charge in [0.15, 0.2) is 0 Å². The van der Waals surface area contributed by atoms with Gasteiger partial charge in [-0.05, 0) is 45.9 Å². The summed E-state index contributed by atoms with van der Waals surface area (Å²) in [6.07, 6.45) is -0.846. The molecule has 1 aromatic carbocycles.